The van der Waals surface area contributed by atoms with Crippen molar-refractivity contribution in [1.82, 2.24) is 19.6 Å². The smallest absolute Gasteiger partial charge is 0.139 e. The first-order chi connectivity index (χ1) is 10.3. The van der Waals surface area contributed by atoms with E-state index in [1.807, 2.05) is 35.0 Å². The van der Waals surface area contributed by atoms with E-state index in [4.69, 9.17) is 11.6 Å². The molecule has 0 saturated carbocycles. The van der Waals surface area contributed by atoms with E-state index >= 15 is 0 Å². The minimum atomic E-state index is 0.309. The summed E-state index contributed by atoms with van der Waals surface area (Å²) in [6, 6.07) is 10.1. The molecule has 4 nitrogen and oxygen atoms in total. The molecule has 3 heterocycles. The molecule has 1 aromatic carbocycles. The van der Waals surface area contributed by atoms with Gasteiger partial charge in [-0.1, -0.05) is 29.8 Å². The molecular formula is C16H19ClN4. The van der Waals surface area contributed by atoms with Crippen LogP contribution in [-0.2, 0) is 0 Å². The maximum Gasteiger partial charge on any atom is 0.139 e. The molecule has 21 heavy (non-hydrogen) atoms. The predicted molar refractivity (Wildman–Crippen MR) is 83.8 cm³/mol. The summed E-state index contributed by atoms with van der Waals surface area (Å²) in [7, 11) is 0. The summed E-state index contributed by atoms with van der Waals surface area (Å²) in [5.74, 6) is 0. The second-order valence-corrected chi connectivity index (χ2v) is 6.19. The average Bonchev–Trinajstić information content (AvgIpc) is 2.92. The van der Waals surface area contributed by atoms with Crippen molar-refractivity contribution in [3.63, 3.8) is 0 Å². The van der Waals surface area contributed by atoms with Gasteiger partial charge in [-0.05, 0) is 25.5 Å². The van der Waals surface area contributed by atoms with Gasteiger partial charge < -0.3 is 0 Å². The largest absolute Gasteiger partial charge is 0.283 e. The monoisotopic (exact) mass is 302 g/mol. The third kappa shape index (κ3) is 2.09. The highest BCUT2D eigenvalue weighted by molar-refractivity contribution is 6.30. The fourth-order valence-corrected chi connectivity index (χ4v) is 3.96. The van der Waals surface area contributed by atoms with Crippen LogP contribution in [0.1, 0.15) is 23.8 Å². The van der Waals surface area contributed by atoms with E-state index in [-0.39, 0.29) is 0 Å². The third-order valence-electron chi connectivity index (χ3n) is 4.56. The maximum absolute atomic E-state index is 6.70. The van der Waals surface area contributed by atoms with Crippen LogP contribution in [-0.4, -0.2) is 45.8 Å². The van der Waals surface area contributed by atoms with E-state index in [0.717, 1.165) is 42.7 Å². The molecule has 2 atom stereocenters. The molecule has 2 aromatic rings. The van der Waals surface area contributed by atoms with Crippen molar-refractivity contribution in [2.45, 2.75) is 19.5 Å². The van der Waals surface area contributed by atoms with E-state index < -0.39 is 0 Å². The van der Waals surface area contributed by atoms with Crippen LogP contribution in [0, 0.1) is 6.92 Å². The lowest BCUT2D eigenvalue weighted by Gasteiger charge is -2.35. The third-order valence-corrected chi connectivity index (χ3v) is 4.93. The van der Waals surface area contributed by atoms with Crippen molar-refractivity contribution < 1.29 is 0 Å². The lowest BCUT2D eigenvalue weighted by molar-refractivity contribution is 0.0924. The maximum atomic E-state index is 6.70. The molecule has 2 bridgehead atoms. The first-order valence-corrected chi connectivity index (χ1v) is 7.92. The minimum Gasteiger partial charge on any atom is -0.283 e. The van der Waals surface area contributed by atoms with Crippen molar-refractivity contribution in [3.05, 3.63) is 46.7 Å². The number of para-hydroxylation sites is 1. The molecule has 0 N–H and O–H groups in total. The average molecular weight is 303 g/mol. The molecule has 110 valence electrons. The van der Waals surface area contributed by atoms with Gasteiger partial charge in [-0.3, -0.25) is 9.80 Å². The number of benzene rings is 1. The minimum absolute atomic E-state index is 0.309. The number of hydrogen-bond donors (Lipinski definition) is 0. The molecule has 2 aliphatic rings. The summed E-state index contributed by atoms with van der Waals surface area (Å²) in [6.45, 7) is 6.66. The molecule has 0 amide bonds. The second kappa shape index (κ2) is 5.13. The van der Waals surface area contributed by atoms with Gasteiger partial charge in [0.2, 0.25) is 0 Å². The van der Waals surface area contributed by atoms with E-state index in [0.29, 0.717) is 6.17 Å². The number of aromatic nitrogens is 2. The highest BCUT2D eigenvalue weighted by Gasteiger charge is 2.39. The summed E-state index contributed by atoms with van der Waals surface area (Å²) >= 11 is 6.70. The van der Waals surface area contributed by atoms with Crippen LogP contribution < -0.4 is 0 Å². The van der Waals surface area contributed by atoms with Gasteiger partial charge in [-0.25, -0.2) is 4.68 Å². The Morgan fingerprint density at radius 1 is 1.05 bits per heavy atom. The van der Waals surface area contributed by atoms with Crippen molar-refractivity contribution in [3.8, 4) is 5.69 Å². The molecule has 2 aliphatic heterocycles. The van der Waals surface area contributed by atoms with Gasteiger partial charge in [-0.2, -0.15) is 5.10 Å². The quantitative estimate of drug-likeness (QED) is 0.852. The zero-order valence-corrected chi connectivity index (χ0v) is 12.9. The normalized spacial score (nSPS) is 28.0. The Morgan fingerprint density at radius 2 is 1.71 bits per heavy atom. The first kappa shape index (κ1) is 13.3. The van der Waals surface area contributed by atoms with Gasteiger partial charge in [0.05, 0.1) is 17.5 Å². The molecule has 0 spiro atoms. The lowest BCUT2D eigenvalue weighted by atomic mass is 10.1. The zero-order chi connectivity index (χ0) is 14.4. The van der Waals surface area contributed by atoms with Gasteiger partial charge in [0, 0.05) is 31.7 Å². The highest BCUT2D eigenvalue weighted by Crippen LogP contribution is 2.39. The predicted octanol–water partition coefficient (Wildman–Crippen LogP) is 2.85. The Morgan fingerprint density at radius 3 is 2.38 bits per heavy atom. The Kier molecular flexibility index (Phi) is 3.25. The molecule has 0 radical (unpaired) electrons. The Bertz CT molecular complexity index is 636. The number of aryl methyl sites for hydroxylation is 1. The Hall–Kier alpha value is -1.36. The molecular weight excluding hydrogens is 284 g/mol. The Labute approximate surface area is 129 Å². The Balaban J connectivity index is 1.79. The van der Waals surface area contributed by atoms with Crippen LogP contribution in [0.5, 0.6) is 0 Å². The standard InChI is InChI=1S/C16H19ClN4/c1-12-14(16-19-8-5-9-20(16)11-10-19)15(17)21(18-12)13-6-3-2-4-7-13/h2-4,6-7,16H,5,8-11H2,1H3. The van der Waals surface area contributed by atoms with Gasteiger partial charge in [0.15, 0.2) is 0 Å². The molecule has 2 unspecified atom stereocenters. The van der Waals surface area contributed by atoms with E-state index in [1.165, 1.54) is 12.0 Å². The molecule has 2 fully saturated rings. The van der Waals surface area contributed by atoms with Crippen LogP contribution in [0.15, 0.2) is 30.3 Å². The summed E-state index contributed by atoms with van der Waals surface area (Å²) in [6.07, 6.45) is 1.56. The van der Waals surface area contributed by atoms with E-state index in [9.17, 15) is 0 Å². The molecule has 4 rings (SSSR count). The van der Waals surface area contributed by atoms with Crippen LogP contribution in [0.3, 0.4) is 0 Å². The molecule has 2 saturated heterocycles. The zero-order valence-electron chi connectivity index (χ0n) is 12.2. The molecule has 1 aromatic heterocycles. The number of fused-ring (bicyclic) bond motifs is 2. The summed E-state index contributed by atoms with van der Waals surface area (Å²) in [5.41, 5.74) is 3.23. The number of nitrogens with zero attached hydrogens (tertiary/aromatic N) is 4. The van der Waals surface area contributed by atoms with Crippen molar-refractivity contribution in [2.75, 3.05) is 26.2 Å². The fourth-order valence-electron chi connectivity index (χ4n) is 3.59. The SMILES string of the molecule is Cc1nn(-c2ccccc2)c(Cl)c1C1N2CCCN1CC2. The van der Waals surface area contributed by atoms with Crippen molar-refractivity contribution in [2.24, 2.45) is 0 Å². The lowest BCUT2D eigenvalue weighted by Crippen LogP contribution is -2.38. The highest BCUT2D eigenvalue weighted by atomic mass is 35.5. The topological polar surface area (TPSA) is 24.3 Å². The van der Waals surface area contributed by atoms with Gasteiger partial charge >= 0.3 is 0 Å². The molecule has 5 heteroatoms. The van der Waals surface area contributed by atoms with Gasteiger partial charge in [0.1, 0.15) is 5.15 Å². The first-order valence-electron chi connectivity index (χ1n) is 7.54. The van der Waals surface area contributed by atoms with E-state index in [1.54, 1.807) is 0 Å². The van der Waals surface area contributed by atoms with Crippen LogP contribution in [0.25, 0.3) is 5.69 Å². The summed E-state index contributed by atoms with van der Waals surface area (Å²) in [5, 5.41) is 5.44. The van der Waals surface area contributed by atoms with Crippen molar-refractivity contribution >= 4 is 11.6 Å². The summed E-state index contributed by atoms with van der Waals surface area (Å²) < 4.78 is 1.86. The number of halogens is 1. The fraction of sp³-hybridized carbons (Fsp3) is 0.438. The van der Waals surface area contributed by atoms with Gasteiger partial charge in [-0.15, -0.1) is 0 Å². The summed E-state index contributed by atoms with van der Waals surface area (Å²) in [4.78, 5) is 5.05. The van der Waals surface area contributed by atoms with Crippen LogP contribution >= 0.6 is 11.6 Å². The number of rotatable bonds is 2. The van der Waals surface area contributed by atoms with Crippen LogP contribution in [0.4, 0.5) is 0 Å². The second-order valence-electron chi connectivity index (χ2n) is 5.84. The van der Waals surface area contributed by atoms with E-state index in [2.05, 4.69) is 21.8 Å². The van der Waals surface area contributed by atoms with Crippen molar-refractivity contribution in [1.29, 1.82) is 0 Å². The van der Waals surface area contributed by atoms with Gasteiger partial charge in [0.25, 0.3) is 0 Å². The molecule has 0 aliphatic carbocycles. The van der Waals surface area contributed by atoms with Crippen LogP contribution in [0.2, 0.25) is 5.15 Å². The number of hydrogen-bond acceptors (Lipinski definition) is 3.